The zero-order chi connectivity index (χ0) is 10.1. The Kier molecular flexibility index (Phi) is 13.2. The van der Waals surface area contributed by atoms with E-state index in [2.05, 4.69) is 64.2 Å². The maximum Gasteiger partial charge on any atom is -0.147 e. The van der Waals surface area contributed by atoms with Crippen LogP contribution in [0.15, 0.2) is 43.1 Å². The number of hydrogen-bond acceptors (Lipinski definition) is 0. The van der Waals surface area contributed by atoms with Crippen molar-refractivity contribution in [1.29, 1.82) is 0 Å². The van der Waals surface area contributed by atoms with E-state index >= 15 is 0 Å². The van der Waals surface area contributed by atoms with Crippen LogP contribution >= 0.6 is 12.4 Å². The average Bonchev–Trinajstić information content (AvgIpc) is 2.11. The summed E-state index contributed by atoms with van der Waals surface area (Å²) in [6, 6.07) is 0. The Morgan fingerprint density at radius 3 is 1.57 bits per heavy atom. The second-order valence-corrected chi connectivity index (χ2v) is 9.44. The van der Waals surface area contributed by atoms with E-state index in [4.69, 9.17) is 0 Å². The van der Waals surface area contributed by atoms with Crippen LogP contribution < -0.4 is 0 Å². The number of hydrogen-bond donors (Lipinski definition) is 0. The number of allylic oxidation sites excluding steroid dienone is 8. The molecule has 0 spiro atoms. The van der Waals surface area contributed by atoms with E-state index in [-0.39, 0.29) is 13.8 Å². The van der Waals surface area contributed by atoms with Crippen LogP contribution in [-0.4, -0.2) is 0 Å². The van der Waals surface area contributed by atoms with Gasteiger partial charge in [0.05, 0.1) is 0 Å². The maximum atomic E-state index is 2.25. The minimum absolute atomic E-state index is 0. The van der Waals surface area contributed by atoms with Crippen LogP contribution in [0.1, 0.15) is 29.1 Å². The van der Waals surface area contributed by atoms with Gasteiger partial charge in [-0.25, -0.2) is 0 Å². The molecule has 0 unspecified atom stereocenters. The van der Waals surface area contributed by atoms with Crippen molar-refractivity contribution in [1.82, 2.24) is 0 Å². The summed E-state index contributed by atoms with van der Waals surface area (Å²) in [5, 5.41) is 0. The molecule has 80 valence electrons. The molecule has 0 atom stereocenters. The molecule has 0 saturated carbocycles. The normalized spacial score (nSPS) is 13.4. The molecule has 0 bridgehead atoms. The SMILES string of the molecule is CC=CC=[C](C)[Hf][C](C)=CC=CC.Cl.[H-]. The molecule has 0 aliphatic heterocycles. The summed E-state index contributed by atoms with van der Waals surface area (Å²) in [7, 11) is 0. The van der Waals surface area contributed by atoms with Gasteiger partial charge in [-0.3, -0.25) is 0 Å². The topological polar surface area (TPSA) is 0 Å². The fraction of sp³-hybridized carbons (Fsp3) is 0.333. The van der Waals surface area contributed by atoms with E-state index in [9.17, 15) is 0 Å². The second-order valence-electron chi connectivity index (χ2n) is 2.88. The standard InChI is InChI=1S/2C6H9.ClH.Hf.H/c2*1-3-5-6-4-2;;;/h2*3,5-6H,1-2H3;1H;;/q;;;;-1. The third kappa shape index (κ3) is 10.2. The third-order valence-corrected chi connectivity index (χ3v) is 5.50. The zero-order valence-electron chi connectivity index (χ0n) is 10.4. The molecule has 0 aromatic heterocycles. The van der Waals surface area contributed by atoms with Gasteiger partial charge >= 0.3 is 93.7 Å². The quantitative estimate of drug-likeness (QED) is 0.497. The van der Waals surface area contributed by atoms with Crippen molar-refractivity contribution in [3.8, 4) is 0 Å². The molecule has 2 heteroatoms. The predicted molar refractivity (Wildman–Crippen MR) is 65.5 cm³/mol. The summed E-state index contributed by atoms with van der Waals surface area (Å²) in [5.74, 6) is 0. The molecule has 0 aromatic carbocycles. The van der Waals surface area contributed by atoms with Crippen molar-refractivity contribution in [3.05, 3.63) is 43.1 Å². The van der Waals surface area contributed by atoms with Gasteiger partial charge in [-0.2, -0.15) is 0 Å². The summed E-state index contributed by atoms with van der Waals surface area (Å²) in [6.45, 7) is 8.60. The summed E-state index contributed by atoms with van der Waals surface area (Å²) in [5.41, 5.74) is 0. The van der Waals surface area contributed by atoms with Crippen LogP contribution in [0.5, 0.6) is 0 Å². The van der Waals surface area contributed by atoms with Gasteiger partial charge in [0.2, 0.25) is 0 Å². The van der Waals surface area contributed by atoms with Crippen molar-refractivity contribution >= 4 is 12.4 Å². The molecule has 0 rings (SSSR count). The Hall–Kier alpha value is 0.120. The Morgan fingerprint density at radius 2 is 1.29 bits per heavy atom. The van der Waals surface area contributed by atoms with Crippen molar-refractivity contribution in [2.75, 3.05) is 0 Å². The van der Waals surface area contributed by atoms with Gasteiger partial charge in [0.25, 0.3) is 0 Å². The minimum Gasteiger partial charge on any atom is -1.00 e. The van der Waals surface area contributed by atoms with Gasteiger partial charge in [0, 0.05) is 0 Å². The number of rotatable bonds is 4. The van der Waals surface area contributed by atoms with Gasteiger partial charge in [-0.1, -0.05) is 0 Å². The molecule has 0 aliphatic rings. The van der Waals surface area contributed by atoms with Gasteiger partial charge in [-0.15, -0.1) is 12.4 Å². The molecule has 0 nitrogen and oxygen atoms in total. The molecule has 0 radical (unpaired) electrons. The summed E-state index contributed by atoms with van der Waals surface area (Å²) in [6.07, 6.45) is 12.9. The van der Waals surface area contributed by atoms with Gasteiger partial charge in [0.15, 0.2) is 0 Å². The van der Waals surface area contributed by atoms with Crippen LogP contribution in [0.4, 0.5) is 0 Å². The molecule has 0 saturated heterocycles. The number of halogens is 1. The second kappa shape index (κ2) is 11.2. The molecule has 0 heterocycles. The van der Waals surface area contributed by atoms with E-state index in [1.807, 2.05) is 0 Å². The first-order valence-electron chi connectivity index (χ1n) is 4.57. The fourth-order valence-electron chi connectivity index (χ4n) is 0.875. The fourth-order valence-corrected chi connectivity index (χ4v) is 4.40. The van der Waals surface area contributed by atoms with Gasteiger partial charge in [0.1, 0.15) is 0 Å². The smallest absolute Gasteiger partial charge is 0.147 e. The maximum absolute atomic E-state index is 2.25. The third-order valence-electron chi connectivity index (χ3n) is 1.47. The minimum atomic E-state index is -0.651. The Labute approximate surface area is 107 Å². The molecular weight excluding hydrogens is 358 g/mol. The van der Waals surface area contributed by atoms with Crippen LogP contribution in [0.25, 0.3) is 0 Å². The summed E-state index contributed by atoms with van der Waals surface area (Å²) in [4.78, 5) is 0. The van der Waals surface area contributed by atoms with Crippen molar-refractivity contribution in [2.45, 2.75) is 27.7 Å². The monoisotopic (exact) mass is 379 g/mol. The van der Waals surface area contributed by atoms with E-state index in [1.165, 1.54) is 0 Å². The molecule has 0 N–H and O–H groups in total. The van der Waals surface area contributed by atoms with Crippen LogP contribution in [0.3, 0.4) is 0 Å². The molecule has 0 aromatic rings. The first-order chi connectivity index (χ1) is 6.20. The first kappa shape index (κ1) is 16.5. The Morgan fingerprint density at radius 1 is 0.929 bits per heavy atom. The largest absolute Gasteiger partial charge is 1.00 e. The van der Waals surface area contributed by atoms with Crippen molar-refractivity contribution in [2.24, 2.45) is 0 Å². The molecule has 14 heavy (non-hydrogen) atoms. The summed E-state index contributed by atoms with van der Waals surface area (Å²) < 4.78 is 3.19. The van der Waals surface area contributed by atoms with Crippen LogP contribution in [0, 0.1) is 0 Å². The van der Waals surface area contributed by atoms with E-state index < -0.39 is 22.9 Å². The van der Waals surface area contributed by atoms with Crippen molar-refractivity contribution < 1.29 is 24.3 Å². The predicted octanol–water partition coefficient (Wildman–Crippen LogP) is 4.56. The van der Waals surface area contributed by atoms with Crippen LogP contribution in [-0.2, 0) is 22.9 Å². The molecule has 0 amide bonds. The zero-order valence-corrected chi connectivity index (χ0v) is 13.8. The van der Waals surface area contributed by atoms with Gasteiger partial charge in [-0.05, 0) is 0 Å². The van der Waals surface area contributed by atoms with E-state index in [0.717, 1.165) is 0 Å². The summed E-state index contributed by atoms with van der Waals surface area (Å²) >= 11 is -0.651. The van der Waals surface area contributed by atoms with E-state index in [1.54, 1.807) is 6.66 Å². The Bertz CT molecular complexity index is 226. The van der Waals surface area contributed by atoms with Crippen molar-refractivity contribution in [3.63, 3.8) is 0 Å². The molecule has 0 fully saturated rings. The van der Waals surface area contributed by atoms with Crippen LogP contribution in [0.2, 0.25) is 0 Å². The molecule has 0 aliphatic carbocycles. The van der Waals surface area contributed by atoms with E-state index in [0.29, 0.717) is 0 Å². The Balaban J connectivity index is -0.000000720. The van der Waals surface area contributed by atoms with Gasteiger partial charge < -0.3 is 1.43 Å². The average molecular weight is 378 g/mol. The first-order valence-corrected chi connectivity index (χ1v) is 8.16. The molecular formula is C12H20ClHf-.